The van der Waals surface area contributed by atoms with Crippen molar-refractivity contribution >= 4 is 11.4 Å². The van der Waals surface area contributed by atoms with Crippen LogP contribution in [0.1, 0.15) is 142 Å². The van der Waals surface area contributed by atoms with E-state index in [9.17, 15) is 0 Å². The molecule has 12 nitrogen and oxygen atoms in total. The van der Waals surface area contributed by atoms with Gasteiger partial charge in [-0.05, 0) is 37.8 Å². The van der Waals surface area contributed by atoms with Crippen LogP contribution < -0.4 is 28.2 Å². The molecule has 3 aliphatic heterocycles. The molecule has 0 fully saturated rings. The number of allylic oxidation sites excluding steroid dienone is 2. The Bertz CT molecular complexity index is 2740. The number of hydrogen-bond donors (Lipinski definition) is 0. The summed E-state index contributed by atoms with van der Waals surface area (Å²) in [6, 6.07) is 34.4. The minimum atomic E-state index is -0.279. The van der Waals surface area contributed by atoms with Crippen molar-refractivity contribution in [1.82, 2.24) is 9.97 Å². The monoisotopic (exact) mass is 1140 g/mol. The van der Waals surface area contributed by atoms with Crippen LogP contribution in [0, 0.1) is 37.1 Å². The first-order valence-corrected chi connectivity index (χ1v) is 28.1. The second-order valence-electron chi connectivity index (χ2n) is 20.0. The largest absolute Gasteiger partial charge is 3.00 e. The zero-order valence-corrected chi connectivity index (χ0v) is 51.5. The Morgan fingerprint density at radius 2 is 0.716 bits per heavy atom. The predicted molar refractivity (Wildman–Crippen MR) is 325 cm³/mol. The van der Waals surface area contributed by atoms with Gasteiger partial charge >= 0.3 is 17.1 Å². The first-order valence-electron chi connectivity index (χ1n) is 28.1. The number of ether oxygens (including phenoxy) is 4. The SMILES string of the molecule is CCCCOCC[n+]1ccccc1C1C2=NC(C=C2)C(c2cccc[n+]2CCOCCCC)c2ccc([n-]2)C(c2cccc[n+]2CCOCCC)c2ccc([n-]2)C(c2cccc[n+]2CCOCCCC)C2C=CC1=N2.[CH3-].[CH3-].[CH3-].[CH3-].[CH3-].[Mn+3]. The van der Waals surface area contributed by atoms with Crippen LogP contribution in [0.4, 0.5) is 0 Å². The van der Waals surface area contributed by atoms with Gasteiger partial charge in [-0.3, -0.25) is 9.98 Å². The molecule has 0 radical (unpaired) electrons. The Morgan fingerprint density at radius 1 is 0.383 bits per heavy atom. The van der Waals surface area contributed by atoms with E-state index in [-0.39, 0.29) is 90.0 Å². The van der Waals surface area contributed by atoms with Gasteiger partial charge in [-0.25, -0.2) is 0 Å². The first-order chi connectivity index (χ1) is 37.1. The van der Waals surface area contributed by atoms with Crippen molar-refractivity contribution in [2.75, 3.05) is 52.9 Å². The molecular weight excluding hydrogens is 1050 g/mol. The molecule has 8 bridgehead atoms. The predicted octanol–water partition coefficient (Wildman–Crippen LogP) is 10.9. The van der Waals surface area contributed by atoms with Crippen molar-refractivity contribution in [3.63, 3.8) is 0 Å². The fourth-order valence-electron chi connectivity index (χ4n) is 10.8. The second kappa shape index (κ2) is 36.0. The van der Waals surface area contributed by atoms with Crippen molar-refractivity contribution in [2.45, 2.75) is 135 Å². The third-order valence-corrected chi connectivity index (χ3v) is 14.7. The molecular formula is C68H95MnN8O4. The van der Waals surface area contributed by atoms with Gasteiger partial charge in [0.25, 0.3) is 0 Å². The van der Waals surface area contributed by atoms with Gasteiger partial charge in [-0.2, -0.15) is 18.3 Å². The van der Waals surface area contributed by atoms with Crippen LogP contribution in [0.5, 0.6) is 0 Å². The number of unbranched alkanes of at least 4 members (excludes halogenated alkanes) is 3. The molecule has 0 spiro atoms. The first kappa shape index (κ1) is 69.6. The summed E-state index contributed by atoms with van der Waals surface area (Å²) >= 11 is 0. The fourth-order valence-corrected chi connectivity index (χ4v) is 10.8. The van der Waals surface area contributed by atoms with E-state index in [4.69, 9.17) is 38.9 Å². The third-order valence-electron chi connectivity index (χ3n) is 14.7. The van der Waals surface area contributed by atoms with Crippen LogP contribution in [0.2, 0.25) is 0 Å². The molecule has 0 saturated carbocycles. The van der Waals surface area contributed by atoms with Crippen molar-refractivity contribution < 1.29 is 54.3 Å². The van der Waals surface area contributed by atoms with Crippen LogP contribution in [0.15, 0.2) is 156 Å². The topological polar surface area (TPSA) is 105 Å². The maximum atomic E-state index is 6.19. The molecule has 13 heteroatoms. The Hall–Kier alpha value is -5.66. The number of fused-ring (bicyclic) bond motifs is 6. The second-order valence-corrected chi connectivity index (χ2v) is 20.0. The minimum Gasteiger partial charge on any atom is -0.663 e. The van der Waals surface area contributed by atoms with E-state index in [1.807, 2.05) is 0 Å². The number of pyridine rings is 4. The number of aromatic nitrogens is 6. The van der Waals surface area contributed by atoms with E-state index in [1.54, 1.807) is 0 Å². The van der Waals surface area contributed by atoms with Gasteiger partial charge in [0, 0.05) is 75.0 Å². The molecule has 0 aromatic carbocycles. The van der Waals surface area contributed by atoms with Crippen LogP contribution in [0.25, 0.3) is 0 Å². The zero-order chi connectivity index (χ0) is 51.6. The van der Waals surface area contributed by atoms with E-state index in [0.717, 1.165) is 128 Å². The van der Waals surface area contributed by atoms with Gasteiger partial charge in [-0.15, -0.1) is 22.8 Å². The van der Waals surface area contributed by atoms with Crippen molar-refractivity contribution in [2.24, 2.45) is 9.98 Å². The maximum absolute atomic E-state index is 6.19. The van der Waals surface area contributed by atoms with E-state index >= 15 is 0 Å². The molecule has 0 saturated heterocycles. The molecule has 4 unspecified atom stereocenters. The molecule has 0 amide bonds. The summed E-state index contributed by atoms with van der Waals surface area (Å²) in [6.45, 7) is 17.1. The van der Waals surface area contributed by atoms with Gasteiger partial charge in [0.15, 0.2) is 73.7 Å². The number of rotatable bonds is 27. The Morgan fingerprint density at radius 3 is 1.09 bits per heavy atom. The molecule has 3 aliphatic rings. The summed E-state index contributed by atoms with van der Waals surface area (Å²) in [5, 5.41) is 0. The van der Waals surface area contributed by atoms with E-state index in [0.29, 0.717) is 52.6 Å². The summed E-state index contributed by atoms with van der Waals surface area (Å²) in [4.78, 5) is 23.1. The Labute approximate surface area is 499 Å². The summed E-state index contributed by atoms with van der Waals surface area (Å²) in [6.07, 6.45) is 25.2. The van der Waals surface area contributed by atoms with Crippen molar-refractivity contribution in [3.05, 3.63) is 229 Å². The standard InChI is InChI=1S/C63H80N8O4.5CH3.Mn/c1-5-9-41-73-45-37-69-33-17-13-21-57(69)61-50-26-24-48(64-50)60(56-20-12-16-32-68(56)36-44-72-40-8-4)49-25-27-51(65-49)62(58-22-14-18-34-70(58)38-46-74-42-10-6-2)53-29-31-55(67-53)63(54-30-28-52(61)66-54)59-23-15-19-35-71(59)39-47-75-43-11-7-3;;;;;;/h12-35,52-53,60-63H,5-11,36-47H2,1-4H3;5*1H3;/q+2;5*-1;+3. The zero-order valence-electron chi connectivity index (χ0n) is 50.3. The van der Waals surface area contributed by atoms with Crippen molar-refractivity contribution in [3.8, 4) is 0 Å². The van der Waals surface area contributed by atoms with Gasteiger partial charge in [0.1, 0.15) is 32.3 Å². The van der Waals surface area contributed by atoms with E-state index in [2.05, 4.69) is 192 Å². The smallest absolute Gasteiger partial charge is 0.663 e. The Kier molecular flexibility index (Phi) is 31.0. The Balaban J connectivity index is 0.00000287. The minimum absolute atomic E-state index is 0. The van der Waals surface area contributed by atoms with Crippen molar-refractivity contribution in [1.29, 1.82) is 0 Å². The molecule has 0 N–H and O–H groups in total. The average molecular weight is 1140 g/mol. The number of nitrogens with zero attached hydrogens (tertiary/aromatic N) is 8. The van der Waals surface area contributed by atoms with E-state index in [1.165, 1.54) is 0 Å². The molecule has 4 atom stereocenters. The molecule has 9 rings (SSSR count). The van der Waals surface area contributed by atoms with Crippen LogP contribution in [-0.4, -0.2) is 76.4 Å². The summed E-state index contributed by atoms with van der Waals surface area (Å²) in [5.41, 5.74) is 10.3. The molecule has 438 valence electrons. The van der Waals surface area contributed by atoms with Crippen LogP contribution in [-0.2, 0) is 62.2 Å². The van der Waals surface area contributed by atoms with Crippen LogP contribution in [0.3, 0.4) is 0 Å². The molecule has 6 aromatic rings. The molecule has 6 aromatic heterocycles. The normalized spacial score (nSPS) is 18.5. The summed E-state index contributed by atoms with van der Waals surface area (Å²) in [7, 11) is 0. The molecule has 81 heavy (non-hydrogen) atoms. The number of hydrogen-bond acceptors (Lipinski definition) is 6. The summed E-state index contributed by atoms with van der Waals surface area (Å²) in [5.74, 6) is -0.952. The van der Waals surface area contributed by atoms with E-state index < -0.39 is 0 Å². The quantitative estimate of drug-likeness (QED) is 0.0220. The third kappa shape index (κ3) is 17.4. The summed E-state index contributed by atoms with van der Waals surface area (Å²) < 4.78 is 34.0. The molecule has 0 aliphatic carbocycles. The van der Waals surface area contributed by atoms with Crippen LogP contribution >= 0.6 is 0 Å². The fraction of sp³-hybridized carbons (Fsp3) is 0.426. The average Bonchev–Trinajstić information content (AvgIpc) is 4.30. The van der Waals surface area contributed by atoms with Gasteiger partial charge in [-0.1, -0.05) is 108 Å². The van der Waals surface area contributed by atoms with Gasteiger partial charge in [0.05, 0.1) is 41.3 Å². The number of aliphatic imine (C=N–C) groups is 2. The maximum Gasteiger partial charge on any atom is 3.00 e. The van der Waals surface area contributed by atoms with Gasteiger partial charge < -0.3 is 66.0 Å². The van der Waals surface area contributed by atoms with Gasteiger partial charge in [0.2, 0.25) is 0 Å². The molecule has 9 heterocycles.